The van der Waals surface area contributed by atoms with Crippen LogP contribution in [-0.4, -0.2) is 25.0 Å². The molecule has 0 unspecified atom stereocenters. The van der Waals surface area contributed by atoms with Gasteiger partial charge in [-0.2, -0.15) is 13.2 Å². The van der Waals surface area contributed by atoms with Crippen molar-refractivity contribution in [3.63, 3.8) is 0 Å². The summed E-state index contributed by atoms with van der Waals surface area (Å²) < 4.78 is 73.5. The first-order valence-electron chi connectivity index (χ1n) is 9.16. The Labute approximate surface area is 171 Å². The van der Waals surface area contributed by atoms with Gasteiger partial charge in [-0.25, -0.2) is 18.1 Å². The quantitative estimate of drug-likeness (QED) is 0.649. The number of ether oxygens (including phenoxy) is 1. The van der Waals surface area contributed by atoms with Gasteiger partial charge in [0.1, 0.15) is 17.3 Å². The lowest BCUT2D eigenvalue weighted by Crippen LogP contribution is -2.18. The van der Waals surface area contributed by atoms with Gasteiger partial charge in [-0.15, -0.1) is 0 Å². The van der Waals surface area contributed by atoms with E-state index in [2.05, 4.69) is 9.71 Å². The van der Waals surface area contributed by atoms with Gasteiger partial charge < -0.3 is 9.30 Å². The molecule has 0 saturated carbocycles. The van der Waals surface area contributed by atoms with Crippen molar-refractivity contribution < 1.29 is 26.3 Å². The number of aryl methyl sites for hydroxylation is 2. The zero-order chi connectivity index (χ0) is 21.5. The minimum atomic E-state index is -4.50. The third-order valence-corrected chi connectivity index (χ3v) is 6.27. The molecule has 0 fully saturated rings. The molecule has 0 saturated heterocycles. The van der Waals surface area contributed by atoms with Gasteiger partial charge in [-0.1, -0.05) is 6.07 Å². The monoisotopic (exact) mass is 437 g/mol. The summed E-state index contributed by atoms with van der Waals surface area (Å²) in [5.74, 6) is 1.07. The van der Waals surface area contributed by atoms with Crippen molar-refractivity contribution in [2.45, 2.75) is 30.5 Å². The maximum atomic E-state index is 13.0. The van der Waals surface area contributed by atoms with Gasteiger partial charge >= 0.3 is 6.18 Å². The molecule has 1 aliphatic rings. The fraction of sp³-hybridized carbons (Fsp3) is 0.250. The molecule has 6 nitrogen and oxygen atoms in total. The second-order valence-corrected chi connectivity index (χ2v) is 8.72. The van der Waals surface area contributed by atoms with Crippen molar-refractivity contribution in [3.05, 3.63) is 60.0 Å². The maximum Gasteiger partial charge on any atom is 0.416 e. The third-order valence-electron chi connectivity index (χ3n) is 4.85. The third kappa shape index (κ3) is 3.92. The maximum absolute atomic E-state index is 13.0. The van der Waals surface area contributed by atoms with Crippen molar-refractivity contribution >= 4 is 10.0 Å². The molecule has 1 N–H and O–H groups in total. The van der Waals surface area contributed by atoms with Crippen molar-refractivity contribution in [1.82, 2.24) is 14.3 Å². The number of fused-ring (bicyclic) bond motifs is 1. The number of hydrogen-bond donors (Lipinski definition) is 1. The van der Waals surface area contributed by atoms with Gasteiger partial charge in [0.2, 0.25) is 10.0 Å². The lowest BCUT2D eigenvalue weighted by Gasteiger charge is -2.14. The second-order valence-electron chi connectivity index (χ2n) is 6.83. The lowest BCUT2D eigenvalue weighted by atomic mass is 10.1. The van der Waals surface area contributed by atoms with Crippen molar-refractivity contribution in [2.75, 3.05) is 7.05 Å². The molecule has 0 amide bonds. The molecular formula is C20H18F3N3O3S. The van der Waals surface area contributed by atoms with E-state index >= 15 is 0 Å². The molecule has 30 heavy (non-hydrogen) atoms. The van der Waals surface area contributed by atoms with Crippen LogP contribution in [0, 0.1) is 0 Å². The highest BCUT2D eigenvalue weighted by atomic mass is 32.2. The van der Waals surface area contributed by atoms with Gasteiger partial charge in [0.05, 0.1) is 16.2 Å². The molecule has 3 aromatic rings. The highest BCUT2D eigenvalue weighted by molar-refractivity contribution is 7.89. The second kappa shape index (κ2) is 7.44. The molecule has 10 heteroatoms. The fourth-order valence-electron chi connectivity index (χ4n) is 3.33. The Morgan fingerprint density at radius 1 is 1.17 bits per heavy atom. The first-order valence-corrected chi connectivity index (χ1v) is 10.6. The number of benzene rings is 2. The fourth-order valence-corrected chi connectivity index (χ4v) is 4.09. The van der Waals surface area contributed by atoms with Gasteiger partial charge in [0.25, 0.3) is 0 Å². The van der Waals surface area contributed by atoms with Crippen LogP contribution in [0.3, 0.4) is 0 Å². The first-order chi connectivity index (χ1) is 14.2. The number of alkyl halides is 3. The number of nitrogens with zero attached hydrogens (tertiary/aromatic N) is 2. The normalized spacial score (nSPS) is 14.0. The number of rotatable bonds is 5. The summed E-state index contributed by atoms with van der Waals surface area (Å²) >= 11 is 0. The van der Waals surface area contributed by atoms with E-state index in [1.165, 1.54) is 37.4 Å². The van der Waals surface area contributed by atoms with Crippen LogP contribution in [-0.2, 0) is 29.2 Å². The summed E-state index contributed by atoms with van der Waals surface area (Å²) in [5, 5.41) is 0. The van der Waals surface area contributed by atoms with Crippen molar-refractivity contribution in [3.8, 4) is 22.8 Å². The standard InChI is InChI=1S/C20H18F3N3O3S/c1-24-30(27,28)15-7-8-18(29-14-5-2-4-13(10-14)20(21,22)23)16(11-15)17-12-26-9-3-6-19(26)25-17/h2,4-5,7-8,10-12,24H,3,6,9H2,1H3. The Morgan fingerprint density at radius 3 is 2.67 bits per heavy atom. The van der Waals surface area contributed by atoms with Gasteiger partial charge in [-0.05, 0) is 49.9 Å². The number of sulfonamides is 1. The van der Waals surface area contributed by atoms with Crippen LogP contribution in [0.4, 0.5) is 13.2 Å². The van der Waals surface area contributed by atoms with Crippen LogP contribution in [0.15, 0.2) is 53.6 Å². The van der Waals surface area contributed by atoms with Crippen LogP contribution >= 0.6 is 0 Å². The van der Waals surface area contributed by atoms with Crippen LogP contribution in [0.2, 0.25) is 0 Å². The minimum Gasteiger partial charge on any atom is -0.457 e. The summed E-state index contributed by atoms with van der Waals surface area (Å²) in [7, 11) is -2.43. The van der Waals surface area contributed by atoms with E-state index in [1.54, 1.807) is 6.20 Å². The molecule has 0 radical (unpaired) electrons. The van der Waals surface area contributed by atoms with E-state index < -0.39 is 21.8 Å². The summed E-state index contributed by atoms with van der Waals surface area (Å²) in [4.78, 5) is 4.56. The molecule has 158 valence electrons. The summed E-state index contributed by atoms with van der Waals surface area (Å²) in [5.41, 5.74) is 0.0439. The molecule has 0 spiro atoms. The topological polar surface area (TPSA) is 73.2 Å². The summed E-state index contributed by atoms with van der Waals surface area (Å²) in [6.07, 6.45) is -0.924. The number of aromatic nitrogens is 2. The summed E-state index contributed by atoms with van der Waals surface area (Å²) in [6, 6.07) is 8.68. The Morgan fingerprint density at radius 2 is 1.97 bits per heavy atom. The Bertz CT molecular complexity index is 1180. The number of halogens is 3. The zero-order valence-electron chi connectivity index (χ0n) is 15.9. The largest absolute Gasteiger partial charge is 0.457 e. The number of hydrogen-bond acceptors (Lipinski definition) is 4. The molecule has 0 aliphatic carbocycles. The highest BCUT2D eigenvalue weighted by Gasteiger charge is 2.31. The van der Waals surface area contributed by atoms with Crippen LogP contribution in [0.1, 0.15) is 17.8 Å². The molecule has 2 aromatic carbocycles. The van der Waals surface area contributed by atoms with Crippen LogP contribution in [0.25, 0.3) is 11.3 Å². The van der Waals surface area contributed by atoms with E-state index in [0.29, 0.717) is 11.3 Å². The lowest BCUT2D eigenvalue weighted by molar-refractivity contribution is -0.137. The number of nitrogens with one attached hydrogen (secondary N) is 1. The van der Waals surface area contributed by atoms with Crippen LogP contribution < -0.4 is 9.46 Å². The van der Waals surface area contributed by atoms with Gasteiger partial charge in [-0.3, -0.25) is 0 Å². The Hall–Kier alpha value is -2.85. The molecule has 0 atom stereocenters. The predicted octanol–water partition coefficient (Wildman–Crippen LogP) is 4.22. The highest BCUT2D eigenvalue weighted by Crippen LogP contribution is 2.37. The smallest absolute Gasteiger partial charge is 0.416 e. The minimum absolute atomic E-state index is 0.00421. The molecule has 4 rings (SSSR count). The molecule has 1 aliphatic heterocycles. The first kappa shape index (κ1) is 20.4. The van der Waals surface area contributed by atoms with E-state index in [1.807, 2.05) is 4.57 Å². The average Bonchev–Trinajstić information content (AvgIpc) is 3.30. The van der Waals surface area contributed by atoms with E-state index in [4.69, 9.17) is 4.74 Å². The molecule has 2 heterocycles. The summed E-state index contributed by atoms with van der Waals surface area (Å²) in [6.45, 7) is 0.806. The van der Waals surface area contributed by atoms with E-state index in [0.717, 1.165) is 37.3 Å². The van der Waals surface area contributed by atoms with Gasteiger partial charge in [0, 0.05) is 24.7 Å². The van der Waals surface area contributed by atoms with Crippen molar-refractivity contribution in [1.29, 1.82) is 0 Å². The van der Waals surface area contributed by atoms with Crippen molar-refractivity contribution in [2.24, 2.45) is 0 Å². The SMILES string of the molecule is CNS(=O)(=O)c1ccc(Oc2cccc(C(F)(F)F)c2)c(-c2cn3c(n2)CCC3)c1. The Balaban J connectivity index is 1.79. The Kier molecular flexibility index (Phi) is 5.07. The van der Waals surface area contributed by atoms with E-state index in [-0.39, 0.29) is 16.4 Å². The molecular weight excluding hydrogens is 419 g/mol. The van der Waals surface area contributed by atoms with Crippen LogP contribution in [0.5, 0.6) is 11.5 Å². The molecule has 1 aromatic heterocycles. The predicted molar refractivity (Wildman–Crippen MR) is 104 cm³/mol. The molecule has 0 bridgehead atoms. The van der Waals surface area contributed by atoms with Gasteiger partial charge in [0.15, 0.2) is 0 Å². The zero-order valence-corrected chi connectivity index (χ0v) is 16.7. The average molecular weight is 437 g/mol. The van der Waals surface area contributed by atoms with E-state index in [9.17, 15) is 21.6 Å². The number of imidazole rings is 1.